The van der Waals surface area contributed by atoms with E-state index in [9.17, 15) is 29.7 Å². The van der Waals surface area contributed by atoms with Crippen LogP contribution in [0.3, 0.4) is 0 Å². The lowest BCUT2D eigenvalue weighted by atomic mass is 9.94. The van der Waals surface area contributed by atoms with Crippen LogP contribution in [0.25, 0.3) is 0 Å². The van der Waals surface area contributed by atoms with Gasteiger partial charge in [0.25, 0.3) is 0 Å². The molecule has 0 spiro atoms. The Bertz CT molecular complexity index is 594. The molecule has 6 unspecified atom stereocenters. The average Bonchev–Trinajstić information content (AvgIpc) is 2.68. The van der Waals surface area contributed by atoms with Crippen molar-refractivity contribution in [3.63, 3.8) is 0 Å². The normalized spacial score (nSPS) is 28.4. The number of aliphatic hydroxyl groups is 4. The van der Waals surface area contributed by atoms with Gasteiger partial charge in [0.05, 0.1) is 18.8 Å². The van der Waals surface area contributed by atoms with Crippen LogP contribution in [0.1, 0.15) is 26.2 Å². The molecule has 1 rings (SSSR count). The van der Waals surface area contributed by atoms with Crippen molar-refractivity contribution >= 4 is 17.8 Å². The number of carboxylic acid groups (broad SMARTS) is 1. The van der Waals surface area contributed by atoms with Gasteiger partial charge in [-0.05, 0) is 19.9 Å². The van der Waals surface area contributed by atoms with Gasteiger partial charge in [-0.15, -0.1) is 0 Å². The van der Waals surface area contributed by atoms with E-state index in [0.29, 0.717) is 6.54 Å². The van der Waals surface area contributed by atoms with Gasteiger partial charge < -0.3 is 52.0 Å². The first-order valence-corrected chi connectivity index (χ1v) is 9.62. The van der Waals surface area contributed by atoms with Crippen LogP contribution in [-0.2, 0) is 19.1 Å². The van der Waals surface area contributed by atoms with E-state index in [1.54, 1.807) is 0 Å². The zero-order chi connectivity index (χ0) is 22.9. The number of ether oxygens (including phenoxy) is 1. The lowest BCUT2D eigenvalue weighted by molar-refractivity contribution is -0.306. The van der Waals surface area contributed by atoms with Crippen molar-refractivity contribution < 1.29 is 44.7 Å². The number of carboxylic acids is 1. The molecule has 13 nitrogen and oxygen atoms in total. The van der Waals surface area contributed by atoms with Crippen LogP contribution in [0.5, 0.6) is 0 Å². The fraction of sp³-hybridized carbons (Fsp3) is 0.824. The Morgan fingerprint density at radius 3 is 2.50 bits per heavy atom. The number of aliphatic hydroxyl groups excluding tert-OH is 3. The maximum Gasteiger partial charge on any atom is 0.322 e. The van der Waals surface area contributed by atoms with E-state index in [2.05, 4.69) is 16.0 Å². The minimum Gasteiger partial charge on any atom is -0.480 e. The smallest absolute Gasteiger partial charge is 0.322 e. The zero-order valence-electron chi connectivity index (χ0n) is 16.8. The standard InChI is InChI=1S/C17H32N4O9/c1-9(15(27)20-7-13(24)25)21-16(28)10(18)2-4-19-5-3-17(29)6-11(23)14(26)12(8-22)30-17/h9-12,14,19,22-23,26,29H,2-8,18H2,1H3,(H,20,27)(H,21,28)(H,24,25). The molecule has 0 saturated carbocycles. The van der Waals surface area contributed by atoms with Crippen molar-refractivity contribution in [3.05, 3.63) is 0 Å². The van der Waals surface area contributed by atoms with Crippen LogP contribution in [0, 0.1) is 0 Å². The lowest BCUT2D eigenvalue weighted by Crippen LogP contribution is -2.56. The zero-order valence-corrected chi connectivity index (χ0v) is 16.8. The maximum absolute atomic E-state index is 12.0. The van der Waals surface area contributed by atoms with Gasteiger partial charge in [-0.1, -0.05) is 0 Å². The Balaban J connectivity index is 2.29. The molecule has 0 bridgehead atoms. The summed E-state index contributed by atoms with van der Waals surface area (Å²) in [5, 5.41) is 55.0. The molecule has 1 aliphatic heterocycles. The molecule has 13 heteroatoms. The molecule has 1 aliphatic rings. The summed E-state index contributed by atoms with van der Waals surface area (Å²) in [6.07, 6.45) is -3.53. The summed E-state index contributed by atoms with van der Waals surface area (Å²) in [4.78, 5) is 34.1. The monoisotopic (exact) mass is 436 g/mol. The molecule has 10 N–H and O–H groups in total. The summed E-state index contributed by atoms with van der Waals surface area (Å²) < 4.78 is 5.26. The van der Waals surface area contributed by atoms with Crippen molar-refractivity contribution in [2.24, 2.45) is 5.73 Å². The molecule has 0 radical (unpaired) electrons. The first-order valence-electron chi connectivity index (χ1n) is 9.62. The van der Waals surface area contributed by atoms with Gasteiger partial charge in [0.15, 0.2) is 5.79 Å². The summed E-state index contributed by atoms with van der Waals surface area (Å²) in [6.45, 7) is 0.847. The predicted molar refractivity (Wildman–Crippen MR) is 102 cm³/mol. The maximum atomic E-state index is 12.0. The molecule has 6 atom stereocenters. The minimum atomic E-state index is -1.71. The molecular weight excluding hydrogens is 404 g/mol. The van der Waals surface area contributed by atoms with E-state index in [0.717, 1.165) is 0 Å². The van der Waals surface area contributed by atoms with Crippen LogP contribution in [0.4, 0.5) is 0 Å². The highest BCUT2D eigenvalue weighted by Gasteiger charge is 2.44. The first kappa shape index (κ1) is 26.2. The molecule has 0 aromatic heterocycles. The Morgan fingerprint density at radius 2 is 1.90 bits per heavy atom. The Labute approximate surface area is 173 Å². The second-order valence-corrected chi connectivity index (χ2v) is 7.28. The number of nitrogens with one attached hydrogen (secondary N) is 3. The third-order valence-corrected chi connectivity index (χ3v) is 4.68. The number of hydrogen-bond donors (Lipinski definition) is 9. The number of carbonyl (C=O) groups excluding carboxylic acids is 2. The van der Waals surface area contributed by atoms with Crippen LogP contribution < -0.4 is 21.7 Å². The summed E-state index contributed by atoms with van der Waals surface area (Å²) in [6, 6.07) is -1.87. The van der Waals surface area contributed by atoms with Crippen molar-refractivity contribution in [2.45, 2.75) is 62.4 Å². The molecule has 0 aromatic carbocycles. The third-order valence-electron chi connectivity index (χ3n) is 4.68. The molecule has 174 valence electrons. The van der Waals surface area contributed by atoms with E-state index < -0.39 is 67.1 Å². The molecule has 2 amide bonds. The van der Waals surface area contributed by atoms with Gasteiger partial charge in [-0.3, -0.25) is 14.4 Å². The molecule has 0 aliphatic carbocycles. The summed E-state index contributed by atoms with van der Waals surface area (Å²) in [7, 11) is 0. The van der Waals surface area contributed by atoms with Gasteiger partial charge in [0.2, 0.25) is 11.8 Å². The number of carbonyl (C=O) groups is 3. The van der Waals surface area contributed by atoms with E-state index in [1.807, 2.05) is 0 Å². The molecule has 0 aromatic rings. The Hall–Kier alpha value is -1.87. The number of hydrogen-bond acceptors (Lipinski definition) is 10. The highest BCUT2D eigenvalue weighted by atomic mass is 16.6. The lowest BCUT2D eigenvalue weighted by Gasteiger charge is -2.42. The minimum absolute atomic E-state index is 0.0650. The second-order valence-electron chi connectivity index (χ2n) is 7.28. The molecule has 1 saturated heterocycles. The van der Waals surface area contributed by atoms with E-state index >= 15 is 0 Å². The number of amides is 2. The third kappa shape index (κ3) is 8.47. The van der Waals surface area contributed by atoms with Crippen molar-refractivity contribution in [1.29, 1.82) is 0 Å². The Morgan fingerprint density at radius 1 is 1.23 bits per heavy atom. The van der Waals surface area contributed by atoms with Gasteiger partial charge in [-0.2, -0.15) is 0 Å². The predicted octanol–water partition coefficient (Wildman–Crippen LogP) is -4.42. The molecule has 1 fully saturated rings. The van der Waals surface area contributed by atoms with Gasteiger partial charge in [-0.25, -0.2) is 0 Å². The van der Waals surface area contributed by atoms with E-state index in [-0.39, 0.29) is 25.8 Å². The van der Waals surface area contributed by atoms with Crippen LogP contribution in [0.2, 0.25) is 0 Å². The second kappa shape index (κ2) is 12.1. The van der Waals surface area contributed by atoms with Gasteiger partial charge in [0, 0.05) is 19.4 Å². The van der Waals surface area contributed by atoms with Crippen molar-refractivity contribution in [1.82, 2.24) is 16.0 Å². The van der Waals surface area contributed by atoms with Crippen LogP contribution >= 0.6 is 0 Å². The Kier molecular flexibility index (Phi) is 10.6. The fourth-order valence-electron chi connectivity index (χ4n) is 2.90. The molecule has 1 heterocycles. The van der Waals surface area contributed by atoms with Crippen molar-refractivity contribution in [3.8, 4) is 0 Å². The fourth-order valence-corrected chi connectivity index (χ4v) is 2.90. The summed E-state index contributed by atoms with van der Waals surface area (Å²) in [5.41, 5.74) is 5.77. The number of aliphatic carboxylic acids is 1. The van der Waals surface area contributed by atoms with E-state index in [1.165, 1.54) is 6.92 Å². The average molecular weight is 436 g/mol. The first-order chi connectivity index (χ1) is 14.0. The van der Waals surface area contributed by atoms with Crippen molar-refractivity contribution in [2.75, 3.05) is 26.2 Å². The number of rotatable bonds is 12. The summed E-state index contributed by atoms with van der Waals surface area (Å²) in [5.74, 6) is -4.14. The van der Waals surface area contributed by atoms with Crippen LogP contribution in [0.15, 0.2) is 0 Å². The van der Waals surface area contributed by atoms with Crippen LogP contribution in [-0.4, -0.2) is 106 Å². The van der Waals surface area contributed by atoms with Gasteiger partial charge in [0.1, 0.15) is 24.8 Å². The van der Waals surface area contributed by atoms with Gasteiger partial charge >= 0.3 is 5.97 Å². The summed E-state index contributed by atoms with van der Waals surface area (Å²) >= 11 is 0. The number of nitrogens with two attached hydrogens (primary N) is 1. The quantitative estimate of drug-likeness (QED) is 0.133. The largest absolute Gasteiger partial charge is 0.480 e. The SMILES string of the molecule is CC(NC(=O)C(N)CCNCCC1(O)CC(O)C(O)C(CO)O1)C(=O)NCC(=O)O. The molecular formula is C17H32N4O9. The highest BCUT2D eigenvalue weighted by molar-refractivity contribution is 5.90. The molecule has 30 heavy (non-hydrogen) atoms. The highest BCUT2D eigenvalue weighted by Crippen LogP contribution is 2.29. The van der Waals surface area contributed by atoms with E-state index in [4.69, 9.17) is 20.7 Å². The topological polar surface area (TPSA) is 224 Å².